The Morgan fingerprint density at radius 3 is 3.04 bits per heavy atom. The number of hydrogen-bond donors (Lipinski definition) is 0. The number of carbonyl (C=O) groups excluding carboxylic acids is 1. The number of hydrogen-bond acceptors (Lipinski definition) is 7. The van der Waals surface area contributed by atoms with Gasteiger partial charge in [0.2, 0.25) is 0 Å². The van der Waals surface area contributed by atoms with Gasteiger partial charge in [-0.2, -0.15) is 0 Å². The molecule has 142 valence electrons. The van der Waals surface area contributed by atoms with Crippen molar-refractivity contribution >= 4 is 32.6 Å². The first-order chi connectivity index (χ1) is 13.2. The van der Waals surface area contributed by atoms with Gasteiger partial charge in [0, 0.05) is 12.7 Å². The fraction of sp³-hybridized carbons (Fsp3) is 0.421. The van der Waals surface area contributed by atoms with Crippen molar-refractivity contribution in [3.05, 3.63) is 35.7 Å². The molecule has 0 radical (unpaired) electrons. The van der Waals surface area contributed by atoms with E-state index in [4.69, 9.17) is 19.0 Å². The molecule has 0 N–H and O–H groups in total. The van der Waals surface area contributed by atoms with E-state index in [1.165, 1.54) is 11.3 Å². The van der Waals surface area contributed by atoms with Crippen molar-refractivity contribution < 1.29 is 18.8 Å². The van der Waals surface area contributed by atoms with Gasteiger partial charge in [0.25, 0.3) is 5.91 Å². The zero-order valence-electron chi connectivity index (χ0n) is 15.3. The van der Waals surface area contributed by atoms with E-state index in [1.807, 2.05) is 25.1 Å². The maximum Gasteiger partial charge on any atom is 0.282 e. The Kier molecular flexibility index (Phi) is 5.09. The summed E-state index contributed by atoms with van der Waals surface area (Å²) in [6.07, 6.45) is 1.93. The number of benzene rings is 1. The van der Waals surface area contributed by atoms with Crippen molar-refractivity contribution in [1.82, 2.24) is 10.1 Å². The number of aromatic nitrogens is 2. The van der Waals surface area contributed by atoms with Crippen molar-refractivity contribution in [2.24, 2.45) is 0 Å². The minimum Gasteiger partial charge on any atom is -0.492 e. The highest BCUT2D eigenvalue weighted by molar-refractivity contribution is 7.22. The highest BCUT2D eigenvalue weighted by Gasteiger charge is 2.29. The number of anilines is 1. The molecule has 1 amide bonds. The molecule has 3 aromatic rings. The Bertz CT molecular complexity index is 945. The first-order valence-electron chi connectivity index (χ1n) is 9.05. The summed E-state index contributed by atoms with van der Waals surface area (Å²) in [5.74, 6) is 1.08. The zero-order chi connectivity index (χ0) is 18.8. The molecule has 7 nitrogen and oxygen atoms in total. The number of fused-ring (bicyclic) bond motifs is 1. The number of amides is 1. The second-order valence-electron chi connectivity index (χ2n) is 6.41. The van der Waals surface area contributed by atoms with Crippen LogP contribution >= 0.6 is 11.3 Å². The molecule has 0 saturated carbocycles. The van der Waals surface area contributed by atoms with Gasteiger partial charge in [-0.1, -0.05) is 22.6 Å². The molecule has 0 bridgehead atoms. The molecule has 1 aromatic carbocycles. The average Bonchev–Trinajstić information content (AvgIpc) is 3.40. The Morgan fingerprint density at radius 1 is 1.44 bits per heavy atom. The number of carbonyl (C=O) groups is 1. The van der Waals surface area contributed by atoms with Crippen molar-refractivity contribution in [3.8, 4) is 5.75 Å². The number of para-hydroxylation sites is 1. The predicted molar refractivity (Wildman–Crippen MR) is 103 cm³/mol. The number of rotatable bonds is 6. The van der Waals surface area contributed by atoms with Crippen molar-refractivity contribution in [2.45, 2.75) is 32.8 Å². The Hall–Kier alpha value is -2.45. The van der Waals surface area contributed by atoms with E-state index in [-0.39, 0.29) is 17.7 Å². The molecule has 4 rings (SSSR count). The second-order valence-corrected chi connectivity index (χ2v) is 7.42. The lowest BCUT2D eigenvalue weighted by Crippen LogP contribution is -2.37. The lowest BCUT2D eigenvalue weighted by Gasteiger charge is -2.21. The summed E-state index contributed by atoms with van der Waals surface area (Å²) in [6.45, 7) is 5.42. The van der Waals surface area contributed by atoms with E-state index in [9.17, 15) is 4.79 Å². The fourth-order valence-electron chi connectivity index (χ4n) is 3.14. The van der Waals surface area contributed by atoms with Crippen LogP contribution in [0.3, 0.4) is 0 Å². The molecular weight excluding hydrogens is 366 g/mol. The summed E-state index contributed by atoms with van der Waals surface area (Å²) in [5.41, 5.74) is 1.04. The Balaban J connectivity index is 1.72. The quantitative estimate of drug-likeness (QED) is 0.640. The summed E-state index contributed by atoms with van der Waals surface area (Å²) in [4.78, 5) is 19.5. The molecule has 3 heterocycles. The lowest BCUT2D eigenvalue weighted by atomic mass is 10.2. The predicted octanol–water partition coefficient (Wildman–Crippen LogP) is 3.82. The third-order valence-corrected chi connectivity index (χ3v) is 5.45. The normalized spacial score (nSPS) is 16.7. The summed E-state index contributed by atoms with van der Waals surface area (Å²) in [6, 6.07) is 7.45. The average molecular weight is 387 g/mol. The van der Waals surface area contributed by atoms with Crippen LogP contribution in [0.25, 0.3) is 10.2 Å². The van der Waals surface area contributed by atoms with E-state index in [0.717, 1.165) is 35.4 Å². The topological polar surface area (TPSA) is 77.7 Å². The number of ether oxygens (including phenoxy) is 2. The van der Waals surface area contributed by atoms with Gasteiger partial charge in [-0.05, 0) is 38.8 Å². The standard InChI is InChI=1S/C19H21N3O4S/c1-3-24-15-7-4-8-16-17(15)20-19(27-16)22(11-13-6-5-9-25-13)18(23)14-10-12(2)26-21-14/h4,7-8,10,13H,3,5-6,9,11H2,1-2H3. The van der Waals surface area contributed by atoms with Crippen LogP contribution in [0.5, 0.6) is 5.75 Å². The SMILES string of the molecule is CCOc1cccc2sc(N(CC3CCCO3)C(=O)c3cc(C)on3)nc12. The van der Waals surface area contributed by atoms with Crippen molar-refractivity contribution in [2.75, 3.05) is 24.7 Å². The van der Waals surface area contributed by atoms with Crippen molar-refractivity contribution in [3.63, 3.8) is 0 Å². The van der Waals surface area contributed by atoms with Gasteiger partial charge in [0.15, 0.2) is 10.8 Å². The highest BCUT2D eigenvalue weighted by Crippen LogP contribution is 2.35. The van der Waals surface area contributed by atoms with Crippen LogP contribution in [-0.4, -0.2) is 41.9 Å². The largest absolute Gasteiger partial charge is 0.492 e. The van der Waals surface area contributed by atoms with Gasteiger partial charge in [0.1, 0.15) is 17.0 Å². The second kappa shape index (κ2) is 7.66. The molecule has 1 atom stereocenters. The fourth-order valence-corrected chi connectivity index (χ4v) is 4.14. The van der Waals surface area contributed by atoms with Gasteiger partial charge in [-0.15, -0.1) is 0 Å². The summed E-state index contributed by atoms with van der Waals surface area (Å²) >= 11 is 1.46. The van der Waals surface area contributed by atoms with E-state index in [0.29, 0.717) is 24.0 Å². The molecule has 1 fully saturated rings. The maximum atomic E-state index is 13.1. The lowest BCUT2D eigenvalue weighted by molar-refractivity contribution is 0.0910. The zero-order valence-corrected chi connectivity index (χ0v) is 16.1. The molecule has 1 aliphatic rings. The summed E-state index contributed by atoms with van der Waals surface area (Å²) in [7, 11) is 0. The van der Waals surface area contributed by atoms with Crippen LogP contribution in [0.2, 0.25) is 0 Å². The molecule has 1 unspecified atom stereocenters. The van der Waals surface area contributed by atoms with Gasteiger partial charge < -0.3 is 14.0 Å². The van der Waals surface area contributed by atoms with E-state index in [1.54, 1.807) is 17.9 Å². The molecule has 0 spiro atoms. The summed E-state index contributed by atoms with van der Waals surface area (Å²) < 4.78 is 17.5. The Morgan fingerprint density at radius 2 is 2.33 bits per heavy atom. The monoisotopic (exact) mass is 387 g/mol. The van der Waals surface area contributed by atoms with Gasteiger partial charge >= 0.3 is 0 Å². The van der Waals surface area contributed by atoms with Crippen molar-refractivity contribution in [1.29, 1.82) is 0 Å². The van der Waals surface area contributed by atoms with Crippen LogP contribution in [-0.2, 0) is 4.74 Å². The van der Waals surface area contributed by atoms with Crippen LogP contribution in [0.1, 0.15) is 36.0 Å². The number of aryl methyl sites for hydroxylation is 1. The maximum absolute atomic E-state index is 13.1. The van der Waals surface area contributed by atoms with Crippen LogP contribution in [0.15, 0.2) is 28.8 Å². The van der Waals surface area contributed by atoms with Gasteiger partial charge in [-0.3, -0.25) is 9.69 Å². The van der Waals surface area contributed by atoms with Crippen LogP contribution in [0, 0.1) is 6.92 Å². The molecule has 1 saturated heterocycles. The Labute approximate surface area is 160 Å². The smallest absolute Gasteiger partial charge is 0.282 e. The minimum atomic E-state index is -0.237. The van der Waals surface area contributed by atoms with E-state index < -0.39 is 0 Å². The minimum absolute atomic E-state index is 0.000299. The molecule has 1 aliphatic heterocycles. The van der Waals surface area contributed by atoms with Gasteiger partial charge in [0.05, 0.1) is 24.0 Å². The van der Waals surface area contributed by atoms with E-state index in [2.05, 4.69) is 5.16 Å². The van der Waals surface area contributed by atoms with E-state index >= 15 is 0 Å². The number of nitrogens with zero attached hydrogens (tertiary/aromatic N) is 3. The van der Waals surface area contributed by atoms with Gasteiger partial charge in [-0.25, -0.2) is 4.98 Å². The summed E-state index contributed by atoms with van der Waals surface area (Å²) in [5, 5.41) is 4.49. The molecule has 8 heteroatoms. The molecule has 2 aromatic heterocycles. The first kappa shape index (κ1) is 17.9. The molecule has 27 heavy (non-hydrogen) atoms. The molecular formula is C19H21N3O4S. The third kappa shape index (κ3) is 3.68. The first-order valence-corrected chi connectivity index (χ1v) is 9.86. The molecule has 0 aliphatic carbocycles. The highest BCUT2D eigenvalue weighted by atomic mass is 32.1. The van der Waals surface area contributed by atoms with Crippen LogP contribution in [0.4, 0.5) is 5.13 Å². The third-order valence-electron chi connectivity index (χ3n) is 4.40. The van der Waals surface area contributed by atoms with Crippen LogP contribution < -0.4 is 9.64 Å². The number of thiazole rings is 1.